The van der Waals surface area contributed by atoms with Crippen LogP contribution >= 0.6 is 11.6 Å². The second kappa shape index (κ2) is 7.13. The Hall–Kier alpha value is -2.27. The zero-order valence-corrected chi connectivity index (χ0v) is 13.0. The van der Waals surface area contributed by atoms with Crippen molar-refractivity contribution < 1.29 is 13.9 Å². The van der Waals surface area contributed by atoms with Crippen LogP contribution in [-0.2, 0) is 4.79 Å². The van der Waals surface area contributed by atoms with Gasteiger partial charge in [-0.15, -0.1) is 0 Å². The molecule has 2 rings (SSSR count). The Morgan fingerprint density at radius 1 is 1.27 bits per heavy atom. The molecule has 0 saturated heterocycles. The largest absolute Gasteiger partial charge is 0.481 e. The van der Waals surface area contributed by atoms with E-state index in [2.05, 4.69) is 5.32 Å². The molecule has 0 atom stereocenters. The van der Waals surface area contributed by atoms with Gasteiger partial charge in [-0.1, -0.05) is 23.7 Å². The number of amides is 1. The van der Waals surface area contributed by atoms with Crippen molar-refractivity contribution in [1.29, 1.82) is 0 Å². The minimum atomic E-state index is -0.507. The molecule has 0 unspecified atom stereocenters. The summed E-state index contributed by atoms with van der Waals surface area (Å²) in [7, 11) is 3.71. The average molecular weight is 323 g/mol. The normalized spacial score (nSPS) is 10.2. The average Bonchev–Trinajstić information content (AvgIpc) is 2.46. The lowest BCUT2D eigenvalue weighted by Gasteiger charge is -2.18. The summed E-state index contributed by atoms with van der Waals surface area (Å²) in [5.74, 6) is -0.864. The number of anilines is 2. The molecule has 1 amide bonds. The Morgan fingerprint density at radius 2 is 2.00 bits per heavy atom. The van der Waals surface area contributed by atoms with Gasteiger partial charge < -0.3 is 15.0 Å². The van der Waals surface area contributed by atoms with E-state index in [1.54, 1.807) is 30.3 Å². The fourth-order valence-corrected chi connectivity index (χ4v) is 2.06. The van der Waals surface area contributed by atoms with Crippen molar-refractivity contribution in [3.63, 3.8) is 0 Å². The molecule has 4 nitrogen and oxygen atoms in total. The third kappa shape index (κ3) is 4.11. The molecule has 2 aromatic rings. The molecule has 0 radical (unpaired) electrons. The Morgan fingerprint density at radius 3 is 2.68 bits per heavy atom. The van der Waals surface area contributed by atoms with Crippen LogP contribution in [0.3, 0.4) is 0 Å². The van der Waals surface area contributed by atoms with Gasteiger partial charge in [0.2, 0.25) is 0 Å². The highest BCUT2D eigenvalue weighted by molar-refractivity contribution is 6.31. The van der Waals surface area contributed by atoms with Crippen molar-refractivity contribution in [2.45, 2.75) is 0 Å². The fourth-order valence-electron chi connectivity index (χ4n) is 1.89. The van der Waals surface area contributed by atoms with Crippen molar-refractivity contribution >= 4 is 28.9 Å². The topological polar surface area (TPSA) is 41.6 Å². The molecule has 0 bridgehead atoms. The van der Waals surface area contributed by atoms with Gasteiger partial charge in [-0.3, -0.25) is 4.79 Å². The van der Waals surface area contributed by atoms with Gasteiger partial charge in [0.25, 0.3) is 5.91 Å². The monoisotopic (exact) mass is 322 g/mol. The number of nitrogens with one attached hydrogen (secondary N) is 1. The van der Waals surface area contributed by atoms with Crippen LogP contribution in [0.5, 0.6) is 5.75 Å². The number of benzene rings is 2. The fraction of sp³-hybridized carbons (Fsp3) is 0.188. The Labute approximate surface area is 133 Å². The number of rotatable bonds is 5. The molecule has 2 aromatic carbocycles. The molecule has 116 valence electrons. The second-order valence-corrected chi connectivity index (χ2v) is 5.26. The standard InChI is InChI=1S/C16H16ClFN2O2/c1-20(2)14-8-7-11(17)9-13(14)19-16(21)10-22-15-6-4-3-5-12(15)18/h3-9H,10H2,1-2H3,(H,19,21). The van der Waals surface area contributed by atoms with Gasteiger partial charge in [-0.05, 0) is 30.3 Å². The summed E-state index contributed by atoms with van der Waals surface area (Å²) in [5, 5.41) is 3.22. The molecule has 6 heteroatoms. The molecule has 22 heavy (non-hydrogen) atoms. The molecule has 0 aromatic heterocycles. The summed E-state index contributed by atoms with van der Waals surface area (Å²) in [4.78, 5) is 13.8. The third-order valence-corrected chi connectivity index (χ3v) is 3.15. The van der Waals surface area contributed by atoms with Crippen molar-refractivity contribution in [2.24, 2.45) is 0 Å². The van der Waals surface area contributed by atoms with Crippen molar-refractivity contribution in [3.8, 4) is 5.75 Å². The molecule has 0 heterocycles. The first-order valence-electron chi connectivity index (χ1n) is 6.61. The number of nitrogens with zero attached hydrogens (tertiary/aromatic N) is 1. The summed E-state index contributed by atoms with van der Waals surface area (Å²) < 4.78 is 18.6. The van der Waals surface area contributed by atoms with Gasteiger partial charge in [0.05, 0.1) is 11.4 Å². The maximum Gasteiger partial charge on any atom is 0.262 e. The molecule has 1 N–H and O–H groups in total. The maximum atomic E-state index is 13.4. The molecular weight excluding hydrogens is 307 g/mol. The highest BCUT2D eigenvalue weighted by Gasteiger charge is 2.11. The lowest BCUT2D eigenvalue weighted by atomic mass is 10.2. The summed E-state index contributed by atoms with van der Waals surface area (Å²) in [6.45, 7) is -0.291. The van der Waals surface area contributed by atoms with E-state index in [0.29, 0.717) is 10.7 Å². The van der Waals surface area contributed by atoms with E-state index in [1.165, 1.54) is 12.1 Å². The molecular formula is C16H16ClFN2O2. The van der Waals surface area contributed by atoms with Gasteiger partial charge in [0, 0.05) is 19.1 Å². The van der Waals surface area contributed by atoms with Crippen LogP contribution in [0.15, 0.2) is 42.5 Å². The predicted octanol–water partition coefficient (Wildman–Crippen LogP) is 3.56. The number of hydrogen-bond acceptors (Lipinski definition) is 3. The van der Waals surface area contributed by atoms with E-state index in [4.69, 9.17) is 16.3 Å². The minimum Gasteiger partial charge on any atom is -0.481 e. The quantitative estimate of drug-likeness (QED) is 0.915. The van der Waals surface area contributed by atoms with Gasteiger partial charge in [-0.25, -0.2) is 4.39 Å². The van der Waals surface area contributed by atoms with Crippen LogP contribution in [0.2, 0.25) is 5.02 Å². The van der Waals surface area contributed by atoms with Gasteiger partial charge in [0.1, 0.15) is 0 Å². The van der Waals surface area contributed by atoms with E-state index in [-0.39, 0.29) is 12.4 Å². The highest BCUT2D eigenvalue weighted by Crippen LogP contribution is 2.27. The first-order valence-corrected chi connectivity index (χ1v) is 6.99. The Bertz CT molecular complexity index is 677. The molecule has 0 aliphatic carbocycles. The van der Waals surface area contributed by atoms with Gasteiger partial charge in [0.15, 0.2) is 18.2 Å². The molecule has 0 aliphatic rings. The number of carbonyl (C=O) groups excluding carboxylic acids is 1. The van der Waals surface area contributed by atoms with Crippen molar-refractivity contribution in [1.82, 2.24) is 0 Å². The molecule has 0 aliphatic heterocycles. The van der Waals surface area contributed by atoms with E-state index >= 15 is 0 Å². The predicted molar refractivity (Wildman–Crippen MR) is 86.3 cm³/mol. The number of ether oxygens (including phenoxy) is 1. The van der Waals surface area contributed by atoms with Crippen molar-refractivity contribution in [2.75, 3.05) is 30.9 Å². The number of halogens is 2. The molecule has 0 spiro atoms. The van der Waals surface area contributed by atoms with Gasteiger partial charge in [-0.2, -0.15) is 0 Å². The minimum absolute atomic E-state index is 0.0385. The lowest BCUT2D eigenvalue weighted by Crippen LogP contribution is -2.22. The Balaban J connectivity index is 2.03. The smallest absolute Gasteiger partial charge is 0.262 e. The molecule has 0 fully saturated rings. The van der Waals surface area contributed by atoms with Crippen LogP contribution in [0.25, 0.3) is 0 Å². The summed E-state index contributed by atoms with van der Waals surface area (Å²) in [5.41, 5.74) is 1.38. The van der Waals surface area contributed by atoms with E-state index in [0.717, 1.165) is 5.69 Å². The number of hydrogen-bond donors (Lipinski definition) is 1. The third-order valence-electron chi connectivity index (χ3n) is 2.91. The van der Waals surface area contributed by atoms with Crippen LogP contribution in [0, 0.1) is 5.82 Å². The lowest BCUT2D eigenvalue weighted by molar-refractivity contribution is -0.118. The second-order valence-electron chi connectivity index (χ2n) is 4.82. The molecule has 0 saturated carbocycles. The Kier molecular flexibility index (Phi) is 5.22. The van der Waals surface area contributed by atoms with E-state index in [1.807, 2.05) is 19.0 Å². The SMILES string of the molecule is CN(C)c1ccc(Cl)cc1NC(=O)COc1ccccc1F. The van der Waals surface area contributed by atoms with E-state index in [9.17, 15) is 9.18 Å². The van der Waals surface area contributed by atoms with Crippen molar-refractivity contribution in [3.05, 3.63) is 53.3 Å². The zero-order valence-electron chi connectivity index (χ0n) is 12.3. The number of carbonyl (C=O) groups is 1. The summed E-state index contributed by atoms with van der Waals surface area (Å²) >= 11 is 5.95. The summed E-state index contributed by atoms with van der Waals surface area (Å²) in [6, 6.07) is 11.1. The first-order chi connectivity index (χ1) is 10.5. The number of para-hydroxylation sites is 1. The van der Waals surface area contributed by atoms with Crippen LogP contribution in [0.1, 0.15) is 0 Å². The highest BCUT2D eigenvalue weighted by atomic mass is 35.5. The van der Waals surface area contributed by atoms with Crippen LogP contribution in [-0.4, -0.2) is 26.6 Å². The van der Waals surface area contributed by atoms with Crippen LogP contribution < -0.4 is 15.0 Å². The first kappa shape index (κ1) is 16.1. The maximum absolute atomic E-state index is 13.4. The summed E-state index contributed by atoms with van der Waals surface area (Å²) in [6.07, 6.45) is 0. The van der Waals surface area contributed by atoms with Gasteiger partial charge >= 0.3 is 0 Å². The zero-order chi connectivity index (χ0) is 16.1. The van der Waals surface area contributed by atoms with E-state index < -0.39 is 11.7 Å². The van der Waals surface area contributed by atoms with Crippen LogP contribution in [0.4, 0.5) is 15.8 Å².